The third kappa shape index (κ3) is 2.86. The maximum absolute atomic E-state index is 5.72. The van der Waals surface area contributed by atoms with Crippen molar-refractivity contribution in [3.63, 3.8) is 0 Å². The van der Waals surface area contributed by atoms with E-state index in [1.165, 1.54) is 0 Å². The van der Waals surface area contributed by atoms with Crippen molar-refractivity contribution < 1.29 is 9.47 Å². The second-order valence-corrected chi connectivity index (χ2v) is 4.98. The van der Waals surface area contributed by atoms with Crippen LogP contribution in [0.4, 0.5) is 11.4 Å². The number of ether oxygens (including phenoxy) is 2. The fraction of sp³-hybridized carbons (Fsp3) is 0.222. The highest BCUT2D eigenvalue weighted by Gasteiger charge is 2.16. The lowest BCUT2D eigenvalue weighted by Crippen LogP contribution is -2.18. The smallest absolute Gasteiger partial charge is 0.168 e. The molecule has 2 aromatic rings. The van der Waals surface area contributed by atoms with Gasteiger partial charge in [-0.3, -0.25) is 0 Å². The summed E-state index contributed by atoms with van der Waals surface area (Å²) in [4.78, 5) is 0. The second-order valence-electron chi connectivity index (χ2n) is 4.98. The molecular formula is C18H20N2O2. The summed E-state index contributed by atoms with van der Waals surface area (Å²) < 4.78 is 11.1. The van der Waals surface area contributed by atoms with Gasteiger partial charge in [0.1, 0.15) is 6.17 Å². The van der Waals surface area contributed by atoms with Gasteiger partial charge in [-0.2, -0.15) is 0 Å². The minimum Gasteiger partial charge on any atom is -0.493 e. The number of methoxy groups -OCH3 is 1. The van der Waals surface area contributed by atoms with Crippen LogP contribution in [0.2, 0.25) is 0 Å². The van der Waals surface area contributed by atoms with Crippen LogP contribution in [0.1, 0.15) is 12.5 Å². The molecule has 0 fully saturated rings. The number of nitrogens with one attached hydrogen (secondary N) is 2. The van der Waals surface area contributed by atoms with Gasteiger partial charge in [0.2, 0.25) is 0 Å². The first-order chi connectivity index (χ1) is 10.8. The van der Waals surface area contributed by atoms with Crippen LogP contribution in [0, 0.1) is 0 Å². The molecule has 2 N–H and O–H groups in total. The number of benzene rings is 2. The van der Waals surface area contributed by atoms with Crippen LogP contribution >= 0.6 is 0 Å². The summed E-state index contributed by atoms with van der Waals surface area (Å²) in [5.41, 5.74) is 3.24. The Balaban J connectivity index is 1.79. The maximum Gasteiger partial charge on any atom is 0.168 e. The molecule has 0 radical (unpaired) electrons. The molecule has 2 aromatic carbocycles. The Bertz CT molecular complexity index is 658. The van der Waals surface area contributed by atoms with Gasteiger partial charge in [-0.05, 0) is 31.2 Å². The quantitative estimate of drug-likeness (QED) is 0.876. The summed E-state index contributed by atoms with van der Waals surface area (Å²) in [5.74, 6) is 1.53. The lowest BCUT2D eigenvalue weighted by Gasteiger charge is -2.12. The monoisotopic (exact) mass is 296 g/mol. The molecule has 0 amide bonds. The van der Waals surface area contributed by atoms with E-state index in [1.54, 1.807) is 7.11 Å². The maximum atomic E-state index is 5.72. The van der Waals surface area contributed by atoms with Crippen molar-refractivity contribution >= 4 is 17.5 Å². The van der Waals surface area contributed by atoms with Gasteiger partial charge in [-0.1, -0.05) is 30.3 Å². The van der Waals surface area contributed by atoms with Crippen LogP contribution in [0.15, 0.2) is 48.5 Å². The number of fused-ring (bicyclic) bond motifs is 1. The van der Waals surface area contributed by atoms with Crippen LogP contribution in [0.25, 0.3) is 6.08 Å². The number of anilines is 2. The average molecular weight is 296 g/mol. The molecule has 0 saturated heterocycles. The van der Waals surface area contributed by atoms with Crippen molar-refractivity contribution in [3.8, 4) is 11.5 Å². The predicted octanol–water partition coefficient (Wildman–Crippen LogP) is 3.97. The van der Waals surface area contributed by atoms with Gasteiger partial charge in [-0.25, -0.2) is 0 Å². The van der Waals surface area contributed by atoms with E-state index in [4.69, 9.17) is 9.47 Å². The lowest BCUT2D eigenvalue weighted by molar-refractivity contribution is 0.310. The zero-order chi connectivity index (χ0) is 15.4. The van der Waals surface area contributed by atoms with Crippen LogP contribution in [-0.4, -0.2) is 19.9 Å². The highest BCUT2D eigenvalue weighted by molar-refractivity contribution is 5.76. The standard InChI is InChI=1S/C18H20N2O2/c1-3-22-18-13(7-6-10-16(18)21-2)11-12-17-19-14-8-4-5-9-15(14)20-17/h4-12,17,19-20H,3H2,1-2H3. The second kappa shape index (κ2) is 6.43. The molecule has 0 bridgehead atoms. The van der Waals surface area contributed by atoms with E-state index in [2.05, 4.69) is 28.8 Å². The van der Waals surface area contributed by atoms with E-state index in [-0.39, 0.29) is 6.17 Å². The van der Waals surface area contributed by atoms with E-state index < -0.39 is 0 Å². The summed E-state index contributed by atoms with van der Waals surface area (Å²) in [6.07, 6.45) is 4.19. The molecule has 4 nitrogen and oxygen atoms in total. The van der Waals surface area contributed by atoms with Crippen LogP contribution in [0.5, 0.6) is 11.5 Å². The van der Waals surface area contributed by atoms with Crippen molar-refractivity contribution in [2.24, 2.45) is 0 Å². The highest BCUT2D eigenvalue weighted by atomic mass is 16.5. The van der Waals surface area contributed by atoms with E-state index in [9.17, 15) is 0 Å². The van der Waals surface area contributed by atoms with Crippen molar-refractivity contribution in [3.05, 3.63) is 54.1 Å². The summed E-state index contributed by atoms with van der Waals surface area (Å²) in [7, 11) is 1.65. The molecule has 0 atom stereocenters. The minimum absolute atomic E-state index is 0.0677. The van der Waals surface area contributed by atoms with E-state index in [0.717, 1.165) is 28.4 Å². The molecule has 1 heterocycles. The molecule has 0 aromatic heterocycles. The third-order valence-corrected chi connectivity index (χ3v) is 3.54. The summed E-state index contributed by atoms with van der Waals surface area (Å²) in [5, 5.41) is 6.83. The molecule has 3 rings (SSSR count). The van der Waals surface area contributed by atoms with Crippen LogP contribution in [-0.2, 0) is 0 Å². The van der Waals surface area contributed by atoms with Crippen LogP contribution < -0.4 is 20.1 Å². The van der Waals surface area contributed by atoms with Crippen LogP contribution in [0.3, 0.4) is 0 Å². The molecule has 22 heavy (non-hydrogen) atoms. The minimum atomic E-state index is 0.0677. The molecule has 4 heteroatoms. The average Bonchev–Trinajstić information content (AvgIpc) is 2.97. The summed E-state index contributed by atoms with van der Waals surface area (Å²) in [6.45, 7) is 2.57. The largest absolute Gasteiger partial charge is 0.493 e. The predicted molar refractivity (Wildman–Crippen MR) is 90.7 cm³/mol. The fourth-order valence-corrected chi connectivity index (χ4v) is 2.53. The van der Waals surface area contributed by atoms with E-state index in [1.807, 2.05) is 43.3 Å². The van der Waals surface area contributed by atoms with Gasteiger partial charge >= 0.3 is 0 Å². The summed E-state index contributed by atoms with van der Waals surface area (Å²) in [6, 6.07) is 14.1. The Labute approximate surface area is 130 Å². The zero-order valence-electron chi connectivity index (χ0n) is 12.8. The van der Waals surface area contributed by atoms with Gasteiger partial charge in [-0.15, -0.1) is 0 Å². The normalized spacial score (nSPS) is 13.5. The Morgan fingerprint density at radius 3 is 2.41 bits per heavy atom. The third-order valence-electron chi connectivity index (χ3n) is 3.54. The topological polar surface area (TPSA) is 42.5 Å². The molecule has 114 valence electrons. The number of hydrogen-bond acceptors (Lipinski definition) is 4. The highest BCUT2D eigenvalue weighted by Crippen LogP contribution is 2.33. The number of para-hydroxylation sites is 3. The van der Waals surface area contributed by atoms with Gasteiger partial charge in [0.15, 0.2) is 11.5 Å². The van der Waals surface area contributed by atoms with Crippen molar-refractivity contribution in [1.82, 2.24) is 0 Å². The molecule has 0 saturated carbocycles. The van der Waals surface area contributed by atoms with Crippen molar-refractivity contribution in [2.75, 3.05) is 24.4 Å². The Kier molecular flexibility index (Phi) is 4.19. The molecule has 0 aliphatic carbocycles. The lowest BCUT2D eigenvalue weighted by atomic mass is 10.1. The van der Waals surface area contributed by atoms with Gasteiger partial charge in [0.05, 0.1) is 25.1 Å². The van der Waals surface area contributed by atoms with Gasteiger partial charge in [0.25, 0.3) is 0 Å². The molecule has 1 aliphatic rings. The first-order valence-corrected chi connectivity index (χ1v) is 7.42. The number of rotatable bonds is 5. The first-order valence-electron chi connectivity index (χ1n) is 7.42. The van der Waals surface area contributed by atoms with Crippen molar-refractivity contribution in [2.45, 2.75) is 13.1 Å². The van der Waals surface area contributed by atoms with Crippen molar-refractivity contribution in [1.29, 1.82) is 0 Å². The first kappa shape index (κ1) is 14.3. The number of hydrogen-bond donors (Lipinski definition) is 2. The van der Waals surface area contributed by atoms with Gasteiger partial charge < -0.3 is 20.1 Å². The van der Waals surface area contributed by atoms with Gasteiger partial charge in [0, 0.05) is 5.56 Å². The molecule has 1 aliphatic heterocycles. The zero-order valence-corrected chi connectivity index (χ0v) is 12.8. The SMILES string of the molecule is CCOc1c(C=CC2Nc3ccccc3N2)cccc1OC. The fourth-order valence-electron chi connectivity index (χ4n) is 2.53. The Morgan fingerprint density at radius 1 is 1.05 bits per heavy atom. The Hall–Kier alpha value is -2.62. The summed E-state index contributed by atoms with van der Waals surface area (Å²) >= 11 is 0. The molecule has 0 unspecified atom stereocenters. The Morgan fingerprint density at radius 2 is 1.77 bits per heavy atom. The molecule has 0 spiro atoms. The molecular weight excluding hydrogens is 276 g/mol. The van der Waals surface area contributed by atoms with E-state index >= 15 is 0 Å². The van der Waals surface area contributed by atoms with E-state index in [0.29, 0.717) is 6.61 Å².